The average Bonchev–Trinajstić information content (AvgIpc) is 2.13. The molecule has 0 atom stereocenters. The molecule has 1 N–H and O–H groups in total. The Balaban J connectivity index is 2.39. The van der Waals surface area contributed by atoms with Crippen LogP contribution in [0.15, 0.2) is 22.8 Å². The maximum atomic E-state index is 4.23. The molecule has 0 aromatic carbocycles. The van der Waals surface area contributed by atoms with E-state index < -0.39 is 0 Å². The maximum absolute atomic E-state index is 4.23. The molecule has 1 aromatic heterocycles. The van der Waals surface area contributed by atoms with E-state index in [1.807, 2.05) is 25.1 Å². The van der Waals surface area contributed by atoms with Crippen LogP contribution in [0, 0.1) is 11.8 Å². The van der Waals surface area contributed by atoms with Crippen molar-refractivity contribution in [1.29, 1.82) is 0 Å². The minimum absolute atomic E-state index is 0.838. The second-order valence-corrected chi connectivity index (χ2v) is 3.26. The summed E-state index contributed by atoms with van der Waals surface area (Å²) in [6.07, 6.45) is 0.852. The van der Waals surface area contributed by atoms with Crippen molar-refractivity contribution in [3.63, 3.8) is 0 Å². The molecule has 0 saturated heterocycles. The van der Waals surface area contributed by atoms with Gasteiger partial charge in [-0.2, -0.15) is 0 Å². The van der Waals surface area contributed by atoms with Gasteiger partial charge in [0, 0.05) is 13.0 Å². The summed E-state index contributed by atoms with van der Waals surface area (Å²) in [5.74, 6) is 6.71. The standard InChI is InChI=1S/C10H11BrN2/c1-2-3-4-8-12-10-7-5-6-9(11)13-10/h5-7H,4,8H2,1H3,(H,12,13). The molecule has 0 unspecified atom stereocenters. The lowest BCUT2D eigenvalue weighted by atomic mass is 10.4. The van der Waals surface area contributed by atoms with E-state index in [1.54, 1.807) is 0 Å². The summed E-state index contributed by atoms with van der Waals surface area (Å²) in [5, 5.41) is 3.18. The van der Waals surface area contributed by atoms with Gasteiger partial charge in [0.15, 0.2) is 0 Å². The molecular weight excluding hydrogens is 228 g/mol. The van der Waals surface area contributed by atoms with Gasteiger partial charge in [-0.1, -0.05) is 6.07 Å². The van der Waals surface area contributed by atoms with Gasteiger partial charge >= 0.3 is 0 Å². The summed E-state index contributed by atoms with van der Waals surface area (Å²) in [7, 11) is 0. The van der Waals surface area contributed by atoms with Crippen molar-refractivity contribution >= 4 is 21.7 Å². The number of anilines is 1. The van der Waals surface area contributed by atoms with Crippen molar-refractivity contribution in [3.05, 3.63) is 22.8 Å². The molecule has 0 aliphatic rings. The van der Waals surface area contributed by atoms with Gasteiger partial charge in [0.1, 0.15) is 10.4 Å². The molecule has 0 aliphatic carbocycles. The Hall–Kier alpha value is -1.01. The van der Waals surface area contributed by atoms with E-state index in [4.69, 9.17) is 0 Å². The van der Waals surface area contributed by atoms with E-state index in [-0.39, 0.29) is 0 Å². The van der Waals surface area contributed by atoms with Crippen molar-refractivity contribution in [2.45, 2.75) is 13.3 Å². The predicted octanol–water partition coefficient (Wildman–Crippen LogP) is 2.67. The van der Waals surface area contributed by atoms with Crippen LogP contribution < -0.4 is 5.32 Å². The van der Waals surface area contributed by atoms with Crippen LogP contribution in [0.4, 0.5) is 5.82 Å². The van der Waals surface area contributed by atoms with Gasteiger partial charge in [-0.05, 0) is 35.0 Å². The summed E-state index contributed by atoms with van der Waals surface area (Å²) >= 11 is 3.31. The third-order valence-electron chi connectivity index (χ3n) is 1.45. The number of nitrogens with one attached hydrogen (secondary N) is 1. The molecule has 1 aromatic rings. The third kappa shape index (κ3) is 3.95. The quantitative estimate of drug-likeness (QED) is 0.498. The van der Waals surface area contributed by atoms with E-state index in [0.29, 0.717) is 0 Å². The van der Waals surface area contributed by atoms with Crippen molar-refractivity contribution in [3.8, 4) is 11.8 Å². The minimum atomic E-state index is 0.838. The van der Waals surface area contributed by atoms with Crippen LogP contribution in [0.2, 0.25) is 0 Å². The minimum Gasteiger partial charge on any atom is -0.369 e. The van der Waals surface area contributed by atoms with Gasteiger partial charge in [0.2, 0.25) is 0 Å². The highest BCUT2D eigenvalue weighted by Gasteiger charge is 1.92. The van der Waals surface area contributed by atoms with Gasteiger partial charge < -0.3 is 5.32 Å². The van der Waals surface area contributed by atoms with Crippen LogP contribution in [-0.4, -0.2) is 11.5 Å². The number of aromatic nitrogens is 1. The van der Waals surface area contributed by atoms with Gasteiger partial charge in [-0.3, -0.25) is 0 Å². The summed E-state index contributed by atoms with van der Waals surface area (Å²) in [4.78, 5) is 4.23. The second-order valence-electron chi connectivity index (χ2n) is 2.45. The normalized spacial score (nSPS) is 8.77. The number of nitrogens with zero attached hydrogens (tertiary/aromatic N) is 1. The molecule has 68 valence electrons. The second kappa shape index (κ2) is 5.60. The van der Waals surface area contributed by atoms with Crippen LogP contribution in [-0.2, 0) is 0 Å². The summed E-state index contributed by atoms with van der Waals surface area (Å²) in [6, 6.07) is 5.78. The van der Waals surface area contributed by atoms with Crippen molar-refractivity contribution < 1.29 is 0 Å². The smallest absolute Gasteiger partial charge is 0.127 e. The number of pyridine rings is 1. The Morgan fingerprint density at radius 3 is 3.08 bits per heavy atom. The number of halogens is 1. The molecule has 2 nitrogen and oxygen atoms in total. The van der Waals surface area contributed by atoms with Crippen LogP contribution in [0.3, 0.4) is 0 Å². The van der Waals surface area contributed by atoms with Crippen LogP contribution in [0.25, 0.3) is 0 Å². The summed E-state index contributed by atoms with van der Waals surface area (Å²) in [6.45, 7) is 2.68. The Labute approximate surface area is 86.9 Å². The zero-order chi connectivity index (χ0) is 9.52. The molecule has 1 heterocycles. The Morgan fingerprint density at radius 2 is 2.38 bits per heavy atom. The van der Waals surface area contributed by atoms with Crippen molar-refractivity contribution in [1.82, 2.24) is 4.98 Å². The molecule has 0 bridgehead atoms. The van der Waals surface area contributed by atoms with Crippen LogP contribution in [0.5, 0.6) is 0 Å². The zero-order valence-corrected chi connectivity index (χ0v) is 9.06. The third-order valence-corrected chi connectivity index (χ3v) is 1.89. The predicted molar refractivity (Wildman–Crippen MR) is 58.5 cm³/mol. The molecule has 0 aliphatic heterocycles. The van der Waals surface area contributed by atoms with Gasteiger partial charge in [-0.25, -0.2) is 4.98 Å². The fourth-order valence-corrected chi connectivity index (χ4v) is 1.23. The molecule has 0 spiro atoms. The first-order valence-electron chi connectivity index (χ1n) is 4.09. The molecule has 0 amide bonds. The van der Waals surface area contributed by atoms with E-state index in [1.165, 1.54) is 0 Å². The van der Waals surface area contributed by atoms with Crippen LogP contribution in [0.1, 0.15) is 13.3 Å². The Kier molecular flexibility index (Phi) is 4.34. The maximum Gasteiger partial charge on any atom is 0.127 e. The number of hydrogen-bond acceptors (Lipinski definition) is 2. The Morgan fingerprint density at radius 1 is 1.54 bits per heavy atom. The van der Waals surface area contributed by atoms with Gasteiger partial charge in [-0.15, -0.1) is 11.8 Å². The van der Waals surface area contributed by atoms with E-state index in [2.05, 4.69) is 38.1 Å². The first-order valence-corrected chi connectivity index (χ1v) is 4.88. The monoisotopic (exact) mass is 238 g/mol. The average molecular weight is 239 g/mol. The summed E-state index contributed by atoms with van der Waals surface area (Å²) in [5.41, 5.74) is 0. The van der Waals surface area contributed by atoms with Gasteiger partial charge in [0.05, 0.1) is 0 Å². The molecule has 0 radical (unpaired) electrons. The molecule has 1 rings (SSSR count). The fraction of sp³-hybridized carbons (Fsp3) is 0.300. The highest BCUT2D eigenvalue weighted by atomic mass is 79.9. The first-order chi connectivity index (χ1) is 6.33. The lowest BCUT2D eigenvalue weighted by Gasteiger charge is -2.02. The lowest BCUT2D eigenvalue weighted by Crippen LogP contribution is -2.01. The fourth-order valence-electron chi connectivity index (χ4n) is 0.885. The zero-order valence-electron chi connectivity index (χ0n) is 7.47. The van der Waals surface area contributed by atoms with E-state index in [9.17, 15) is 0 Å². The topological polar surface area (TPSA) is 24.9 Å². The summed E-state index contributed by atoms with van der Waals surface area (Å²) < 4.78 is 0.846. The van der Waals surface area contributed by atoms with Crippen LogP contribution >= 0.6 is 15.9 Å². The van der Waals surface area contributed by atoms with Gasteiger partial charge in [0.25, 0.3) is 0 Å². The highest BCUT2D eigenvalue weighted by molar-refractivity contribution is 9.10. The van der Waals surface area contributed by atoms with Crippen molar-refractivity contribution in [2.75, 3.05) is 11.9 Å². The largest absolute Gasteiger partial charge is 0.369 e. The highest BCUT2D eigenvalue weighted by Crippen LogP contribution is 2.09. The number of hydrogen-bond donors (Lipinski definition) is 1. The molecule has 3 heteroatoms. The number of rotatable bonds is 3. The molecule has 0 saturated carbocycles. The Bertz CT molecular complexity index is 325. The van der Waals surface area contributed by atoms with E-state index >= 15 is 0 Å². The lowest BCUT2D eigenvalue weighted by molar-refractivity contribution is 1.07. The van der Waals surface area contributed by atoms with E-state index in [0.717, 1.165) is 23.4 Å². The molecule has 13 heavy (non-hydrogen) atoms. The first kappa shape index (κ1) is 10.1. The molecular formula is C10H11BrN2. The SMILES string of the molecule is CC#CCCNc1cccc(Br)n1. The van der Waals surface area contributed by atoms with Crippen molar-refractivity contribution in [2.24, 2.45) is 0 Å². The molecule has 0 fully saturated rings.